The molecule has 114 valence electrons. The number of benzene rings is 1. The van der Waals surface area contributed by atoms with Gasteiger partial charge in [-0.15, -0.1) is 5.10 Å². The first-order valence-electron chi connectivity index (χ1n) is 6.57. The minimum Gasteiger partial charge on any atom is -0.316 e. The Labute approximate surface area is 121 Å². The number of halogens is 3. The van der Waals surface area contributed by atoms with Crippen molar-refractivity contribution in [2.45, 2.75) is 25.1 Å². The van der Waals surface area contributed by atoms with Gasteiger partial charge in [0.2, 0.25) is 0 Å². The smallest absolute Gasteiger partial charge is 0.316 e. The molecule has 1 aromatic heterocycles. The van der Waals surface area contributed by atoms with Gasteiger partial charge in [0.1, 0.15) is 0 Å². The van der Waals surface area contributed by atoms with Crippen LogP contribution in [-0.2, 0) is 26.1 Å². The highest BCUT2D eigenvalue weighted by Crippen LogP contribution is 2.29. The first kappa shape index (κ1) is 15.5. The first-order chi connectivity index (χ1) is 9.88. The summed E-state index contributed by atoms with van der Waals surface area (Å²) in [4.78, 5) is 0. The van der Waals surface area contributed by atoms with Crippen molar-refractivity contribution in [1.29, 1.82) is 0 Å². The molecule has 0 saturated carbocycles. The Bertz CT molecular complexity index is 592. The molecule has 1 atom stereocenters. The Morgan fingerprint density at radius 3 is 2.62 bits per heavy atom. The normalized spacial score (nSPS) is 13.4. The van der Waals surface area contributed by atoms with E-state index in [2.05, 4.69) is 15.6 Å². The molecule has 0 bridgehead atoms. The van der Waals surface area contributed by atoms with E-state index in [0.29, 0.717) is 18.4 Å². The minimum atomic E-state index is -4.31. The third-order valence-corrected chi connectivity index (χ3v) is 3.25. The number of hydrogen-bond donors (Lipinski definition) is 1. The summed E-state index contributed by atoms with van der Waals surface area (Å²) in [6.45, 7) is 0. The summed E-state index contributed by atoms with van der Waals surface area (Å²) in [5.74, 6) is 0. The van der Waals surface area contributed by atoms with Crippen LogP contribution in [0.2, 0.25) is 0 Å². The molecule has 2 rings (SSSR count). The molecule has 0 aliphatic carbocycles. The Balaban J connectivity index is 2.08. The Morgan fingerprint density at radius 1 is 1.29 bits per heavy atom. The van der Waals surface area contributed by atoms with Crippen molar-refractivity contribution in [3.63, 3.8) is 0 Å². The molecular weight excluding hydrogens is 281 g/mol. The lowest BCUT2D eigenvalue weighted by atomic mass is 10.0. The van der Waals surface area contributed by atoms with Gasteiger partial charge in [0.15, 0.2) is 0 Å². The number of nitrogens with zero attached hydrogens (tertiary/aromatic N) is 3. The molecule has 0 aliphatic rings. The van der Waals surface area contributed by atoms with Gasteiger partial charge in [0, 0.05) is 25.7 Å². The molecule has 0 spiro atoms. The zero-order chi connectivity index (χ0) is 15.5. The van der Waals surface area contributed by atoms with E-state index in [1.807, 2.05) is 0 Å². The molecule has 4 nitrogen and oxygen atoms in total. The van der Waals surface area contributed by atoms with Crippen LogP contribution in [-0.4, -0.2) is 28.1 Å². The summed E-state index contributed by atoms with van der Waals surface area (Å²) in [6, 6.07) is 5.43. The maximum absolute atomic E-state index is 12.7. The highest BCUT2D eigenvalue weighted by atomic mass is 19.4. The average molecular weight is 298 g/mol. The van der Waals surface area contributed by atoms with Crippen molar-refractivity contribution in [2.24, 2.45) is 7.05 Å². The molecule has 0 saturated heterocycles. The van der Waals surface area contributed by atoms with E-state index in [1.54, 1.807) is 31.0 Å². The molecule has 1 unspecified atom stereocenters. The fraction of sp³-hybridized carbons (Fsp3) is 0.429. The molecule has 1 heterocycles. The number of aryl methyl sites for hydroxylation is 1. The number of alkyl halides is 3. The van der Waals surface area contributed by atoms with Crippen LogP contribution in [0.15, 0.2) is 30.5 Å². The number of aromatic nitrogens is 3. The monoisotopic (exact) mass is 298 g/mol. The van der Waals surface area contributed by atoms with E-state index < -0.39 is 11.7 Å². The average Bonchev–Trinajstić information content (AvgIpc) is 2.83. The quantitative estimate of drug-likeness (QED) is 0.920. The van der Waals surface area contributed by atoms with Crippen LogP contribution in [0.4, 0.5) is 13.2 Å². The van der Waals surface area contributed by atoms with Crippen LogP contribution < -0.4 is 5.32 Å². The molecule has 2 aromatic rings. The molecule has 0 radical (unpaired) electrons. The Morgan fingerprint density at radius 2 is 2.05 bits per heavy atom. The van der Waals surface area contributed by atoms with Gasteiger partial charge in [-0.2, -0.15) is 13.2 Å². The second-order valence-corrected chi connectivity index (χ2v) is 4.98. The molecule has 0 fully saturated rings. The van der Waals surface area contributed by atoms with Gasteiger partial charge in [-0.1, -0.05) is 23.4 Å². The summed E-state index contributed by atoms with van der Waals surface area (Å²) in [5.41, 5.74) is 0.839. The third kappa shape index (κ3) is 4.29. The molecule has 1 aromatic carbocycles. The fourth-order valence-corrected chi connectivity index (χ4v) is 2.18. The topological polar surface area (TPSA) is 42.7 Å². The maximum atomic E-state index is 12.7. The summed E-state index contributed by atoms with van der Waals surface area (Å²) in [7, 11) is 3.56. The lowest BCUT2D eigenvalue weighted by Crippen LogP contribution is -2.30. The van der Waals surface area contributed by atoms with Gasteiger partial charge in [-0.25, -0.2) is 0 Å². The lowest BCUT2D eigenvalue weighted by molar-refractivity contribution is -0.137. The summed E-state index contributed by atoms with van der Waals surface area (Å²) in [5, 5.41) is 11.0. The molecule has 7 heteroatoms. The summed E-state index contributed by atoms with van der Waals surface area (Å²) in [6.07, 6.45) is -1.40. The molecule has 21 heavy (non-hydrogen) atoms. The zero-order valence-corrected chi connectivity index (χ0v) is 11.9. The van der Waals surface area contributed by atoms with Crippen LogP contribution >= 0.6 is 0 Å². The van der Waals surface area contributed by atoms with Gasteiger partial charge in [-0.05, 0) is 25.1 Å². The second kappa shape index (κ2) is 6.26. The molecular formula is C14H17F3N4. The summed E-state index contributed by atoms with van der Waals surface area (Å²) >= 11 is 0. The van der Waals surface area contributed by atoms with Gasteiger partial charge in [0.25, 0.3) is 0 Å². The van der Waals surface area contributed by atoms with E-state index >= 15 is 0 Å². The van der Waals surface area contributed by atoms with E-state index in [9.17, 15) is 13.2 Å². The third-order valence-electron chi connectivity index (χ3n) is 3.25. The van der Waals surface area contributed by atoms with Crippen molar-refractivity contribution in [2.75, 3.05) is 7.05 Å². The number of nitrogens with one attached hydrogen (secondary N) is 1. The molecule has 1 N–H and O–H groups in total. The van der Waals surface area contributed by atoms with E-state index in [0.717, 1.165) is 11.8 Å². The number of rotatable bonds is 5. The van der Waals surface area contributed by atoms with Crippen LogP contribution in [0.1, 0.15) is 16.8 Å². The Kier molecular flexibility index (Phi) is 4.62. The number of hydrogen-bond acceptors (Lipinski definition) is 3. The number of likely N-dealkylation sites (N-methyl/N-ethyl adjacent to an activating group) is 1. The molecule has 0 aliphatic heterocycles. The minimum absolute atomic E-state index is 0.00480. The van der Waals surface area contributed by atoms with Gasteiger partial charge < -0.3 is 5.32 Å². The lowest BCUT2D eigenvalue weighted by Gasteiger charge is -2.16. The largest absolute Gasteiger partial charge is 0.416 e. The van der Waals surface area contributed by atoms with Gasteiger partial charge in [-0.3, -0.25) is 4.68 Å². The van der Waals surface area contributed by atoms with Crippen molar-refractivity contribution in [3.05, 3.63) is 47.3 Å². The maximum Gasteiger partial charge on any atom is 0.416 e. The van der Waals surface area contributed by atoms with Crippen LogP contribution in [0.5, 0.6) is 0 Å². The standard InChI is InChI=1S/C14H17F3N4/c1-18-12(8-13-9-21(2)20-19-13)7-10-4-3-5-11(6-10)14(15,16)17/h3-6,9,12,18H,7-8H2,1-2H3. The first-order valence-corrected chi connectivity index (χ1v) is 6.57. The Hall–Kier alpha value is -1.89. The van der Waals surface area contributed by atoms with E-state index in [-0.39, 0.29) is 6.04 Å². The highest BCUT2D eigenvalue weighted by molar-refractivity contribution is 5.26. The van der Waals surface area contributed by atoms with E-state index in [4.69, 9.17) is 0 Å². The SMILES string of the molecule is CNC(Cc1cccc(C(F)(F)F)c1)Cc1cn(C)nn1. The van der Waals surface area contributed by atoms with Crippen LogP contribution in [0.3, 0.4) is 0 Å². The van der Waals surface area contributed by atoms with Gasteiger partial charge in [0.05, 0.1) is 11.3 Å². The highest BCUT2D eigenvalue weighted by Gasteiger charge is 2.30. The van der Waals surface area contributed by atoms with Crippen molar-refractivity contribution < 1.29 is 13.2 Å². The molecule has 0 amide bonds. The van der Waals surface area contributed by atoms with Crippen molar-refractivity contribution >= 4 is 0 Å². The van der Waals surface area contributed by atoms with Gasteiger partial charge >= 0.3 is 6.18 Å². The van der Waals surface area contributed by atoms with Crippen LogP contribution in [0, 0.1) is 0 Å². The predicted molar refractivity (Wildman–Crippen MR) is 72.7 cm³/mol. The second-order valence-electron chi connectivity index (χ2n) is 4.98. The van der Waals surface area contributed by atoms with Crippen molar-refractivity contribution in [3.8, 4) is 0 Å². The predicted octanol–water partition coefficient (Wildman–Crippen LogP) is 2.21. The fourth-order valence-electron chi connectivity index (χ4n) is 2.18. The van der Waals surface area contributed by atoms with E-state index in [1.165, 1.54) is 12.1 Å². The zero-order valence-electron chi connectivity index (χ0n) is 11.9. The van der Waals surface area contributed by atoms with Crippen LogP contribution in [0.25, 0.3) is 0 Å². The summed E-state index contributed by atoms with van der Waals surface area (Å²) < 4.78 is 39.7. The van der Waals surface area contributed by atoms with Crippen molar-refractivity contribution in [1.82, 2.24) is 20.3 Å².